The van der Waals surface area contributed by atoms with Gasteiger partial charge in [0.15, 0.2) is 0 Å². The van der Waals surface area contributed by atoms with Gasteiger partial charge in [-0.15, -0.1) is 0 Å². The highest BCUT2D eigenvalue weighted by Gasteiger charge is 2.29. The van der Waals surface area contributed by atoms with Gasteiger partial charge in [-0.25, -0.2) is 0 Å². The fourth-order valence-electron chi connectivity index (χ4n) is 2.99. The summed E-state index contributed by atoms with van der Waals surface area (Å²) in [6.07, 6.45) is 4.84. The summed E-state index contributed by atoms with van der Waals surface area (Å²) in [6, 6.07) is 2.19. The molecule has 0 saturated heterocycles. The fraction of sp³-hybridized carbons (Fsp3) is 0.600. The molecule has 0 heterocycles. The summed E-state index contributed by atoms with van der Waals surface area (Å²) in [5, 5.41) is 13.5. The lowest BCUT2D eigenvalue weighted by atomic mass is 9.78. The normalized spacial score (nSPS) is 18.2. The van der Waals surface area contributed by atoms with Gasteiger partial charge in [0.1, 0.15) is 5.75 Å². The number of hydrogen-bond donors (Lipinski definition) is 2. The number of aromatic hydroxyl groups is 1. The van der Waals surface area contributed by atoms with Crippen molar-refractivity contribution in [3.05, 3.63) is 26.3 Å². The average molecular weight is 359 g/mol. The molecule has 0 aliphatic heterocycles. The van der Waals surface area contributed by atoms with Gasteiger partial charge < -0.3 is 10.4 Å². The van der Waals surface area contributed by atoms with E-state index >= 15 is 0 Å². The van der Waals surface area contributed by atoms with E-state index in [9.17, 15) is 5.11 Å². The Kier molecular flexibility index (Phi) is 4.22. The van der Waals surface area contributed by atoms with Crippen molar-refractivity contribution in [2.75, 3.05) is 7.05 Å². The van der Waals surface area contributed by atoms with Gasteiger partial charge in [0, 0.05) is 12.1 Å². The van der Waals surface area contributed by atoms with Gasteiger partial charge in [0.05, 0.1) is 3.57 Å². The van der Waals surface area contributed by atoms with Crippen LogP contribution in [0, 0.1) is 3.57 Å². The van der Waals surface area contributed by atoms with Crippen molar-refractivity contribution in [1.29, 1.82) is 0 Å². The van der Waals surface area contributed by atoms with Crippen LogP contribution < -0.4 is 5.32 Å². The van der Waals surface area contributed by atoms with E-state index in [1.54, 1.807) is 0 Å². The third-order valence-corrected chi connectivity index (χ3v) is 4.86. The highest BCUT2D eigenvalue weighted by atomic mass is 127. The Morgan fingerprint density at radius 2 is 2.11 bits per heavy atom. The van der Waals surface area contributed by atoms with E-state index in [1.807, 2.05) is 7.05 Å². The first kappa shape index (κ1) is 14.1. The lowest BCUT2D eigenvalue weighted by Crippen LogP contribution is -2.20. The van der Waals surface area contributed by atoms with E-state index in [0.717, 1.165) is 22.1 Å². The largest absolute Gasteiger partial charge is 0.506 e. The maximum atomic E-state index is 10.3. The summed E-state index contributed by atoms with van der Waals surface area (Å²) in [5.74, 6) is 0.474. The zero-order valence-electron chi connectivity index (χ0n) is 11.4. The highest BCUT2D eigenvalue weighted by Crippen LogP contribution is 2.41. The number of phenolic OH excluding ortho intramolecular Hbond substituents is 1. The fourth-order valence-corrected chi connectivity index (χ4v) is 3.63. The molecule has 2 nitrogen and oxygen atoms in total. The first-order valence-corrected chi connectivity index (χ1v) is 7.73. The van der Waals surface area contributed by atoms with Crippen molar-refractivity contribution in [3.63, 3.8) is 0 Å². The van der Waals surface area contributed by atoms with Gasteiger partial charge in [0.2, 0.25) is 0 Å². The van der Waals surface area contributed by atoms with Crippen LogP contribution in [0.2, 0.25) is 0 Å². The molecule has 0 spiro atoms. The molecule has 0 unspecified atom stereocenters. The van der Waals surface area contributed by atoms with E-state index in [1.165, 1.54) is 30.4 Å². The van der Waals surface area contributed by atoms with E-state index in [2.05, 4.69) is 47.8 Å². The quantitative estimate of drug-likeness (QED) is 0.623. The molecule has 1 aliphatic carbocycles. The van der Waals surface area contributed by atoms with Crippen LogP contribution in [0.15, 0.2) is 6.07 Å². The molecule has 100 valence electrons. The Bertz CT molecular complexity index is 454. The second-order valence-electron chi connectivity index (χ2n) is 5.83. The molecule has 0 fully saturated rings. The van der Waals surface area contributed by atoms with Crippen molar-refractivity contribution in [2.45, 2.75) is 51.5 Å². The summed E-state index contributed by atoms with van der Waals surface area (Å²) in [4.78, 5) is 0. The van der Waals surface area contributed by atoms with E-state index < -0.39 is 0 Å². The average Bonchev–Trinajstić information content (AvgIpc) is 2.45. The molecule has 1 aromatic rings. The van der Waals surface area contributed by atoms with Crippen LogP contribution in [0.3, 0.4) is 0 Å². The van der Waals surface area contributed by atoms with E-state index in [4.69, 9.17) is 0 Å². The Morgan fingerprint density at radius 3 is 2.78 bits per heavy atom. The molecule has 0 saturated carbocycles. The maximum Gasteiger partial charge on any atom is 0.133 e. The molecule has 18 heavy (non-hydrogen) atoms. The number of phenols is 1. The third-order valence-electron chi connectivity index (χ3n) is 4.03. The lowest BCUT2D eigenvalue weighted by molar-refractivity contribution is 0.453. The van der Waals surface area contributed by atoms with Gasteiger partial charge in [-0.2, -0.15) is 0 Å². The molecule has 0 radical (unpaired) electrons. The number of halogens is 1. The lowest BCUT2D eigenvalue weighted by Gasteiger charge is -2.27. The van der Waals surface area contributed by atoms with Crippen LogP contribution in [-0.4, -0.2) is 12.2 Å². The molecule has 0 amide bonds. The molecule has 3 heteroatoms. The molecular formula is C15H22INO. The van der Waals surface area contributed by atoms with Crippen LogP contribution in [0.5, 0.6) is 5.75 Å². The van der Waals surface area contributed by atoms with Crippen LogP contribution in [0.1, 0.15) is 49.8 Å². The predicted octanol–water partition coefficient (Wildman–Crippen LogP) is 3.72. The van der Waals surface area contributed by atoms with E-state index in [0.29, 0.717) is 5.75 Å². The van der Waals surface area contributed by atoms with Crippen molar-refractivity contribution in [2.24, 2.45) is 0 Å². The minimum Gasteiger partial charge on any atom is -0.506 e. The number of hydrogen-bond acceptors (Lipinski definition) is 2. The van der Waals surface area contributed by atoms with Crippen molar-refractivity contribution in [3.8, 4) is 5.75 Å². The summed E-state index contributed by atoms with van der Waals surface area (Å²) >= 11 is 2.25. The first-order valence-electron chi connectivity index (χ1n) is 6.65. The van der Waals surface area contributed by atoms with Gasteiger partial charge in [-0.3, -0.25) is 0 Å². The number of rotatable bonds is 2. The molecule has 2 N–H and O–H groups in total. The van der Waals surface area contributed by atoms with Gasteiger partial charge in [-0.1, -0.05) is 20.3 Å². The van der Waals surface area contributed by atoms with Crippen LogP contribution >= 0.6 is 22.6 Å². The smallest absolute Gasteiger partial charge is 0.133 e. The summed E-state index contributed by atoms with van der Waals surface area (Å²) in [7, 11) is 1.94. The topological polar surface area (TPSA) is 32.3 Å². The Balaban J connectivity index is 2.64. The second kappa shape index (κ2) is 5.37. The Hall–Kier alpha value is -0.290. The predicted molar refractivity (Wildman–Crippen MR) is 84.2 cm³/mol. The van der Waals surface area contributed by atoms with Crippen molar-refractivity contribution in [1.82, 2.24) is 5.32 Å². The number of fused-ring (bicyclic) bond motifs is 1. The highest BCUT2D eigenvalue weighted by molar-refractivity contribution is 14.1. The van der Waals surface area contributed by atoms with Gasteiger partial charge in [-0.05, 0) is 71.5 Å². The number of nitrogens with one attached hydrogen (secondary N) is 1. The standard InChI is InChI=1S/C15H22INO/c1-15(2)7-5-4-6-10-11(9-17-3)14(18)13(16)8-12(10)15/h8,17-18H,4-7,9H2,1-3H3. The minimum atomic E-state index is 0.224. The minimum absolute atomic E-state index is 0.224. The zero-order valence-corrected chi connectivity index (χ0v) is 13.6. The van der Waals surface area contributed by atoms with Gasteiger partial charge >= 0.3 is 0 Å². The van der Waals surface area contributed by atoms with Crippen molar-refractivity contribution >= 4 is 22.6 Å². The molecule has 2 rings (SSSR count). The van der Waals surface area contributed by atoms with Crippen LogP contribution in [-0.2, 0) is 18.4 Å². The SMILES string of the molecule is CNCc1c(O)c(I)cc2c1CCCCC2(C)C. The molecule has 1 aromatic carbocycles. The van der Waals surface area contributed by atoms with Crippen LogP contribution in [0.25, 0.3) is 0 Å². The Morgan fingerprint density at radius 1 is 1.39 bits per heavy atom. The Labute approximate surface area is 123 Å². The molecule has 0 atom stereocenters. The maximum absolute atomic E-state index is 10.3. The zero-order chi connectivity index (χ0) is 13.3. The van der Waals surface area contributed by atoms with Crippen LogP contribution in [0.4, 0.5) is 0 Å². The first-order chi connectivity index (χ1) is 8.47. The summed E-state index contributed by atoms with van der Waals surface area (Å²) in [5.41, 5.74) is 4.15. The monoisotopic (exact) mass is 359 g/mol. The molecule has 0 aromatic heterocycles. The molecular weight excluding hydrogens is 337 g/mol. The second-order valence-corrected chi connectivity index (χ2v) is 7.00. The van der Waals surface area contributed by atoms with Crippen molar-refractivity contribution < 1.29 is 5.11 Å². The number of benzene rings is 1. The summed E-state index contributed by atoms with van der Waals surface area (Å²) in [6.45, 7) is 5.40. The summed E-state index contributed by atoms with van der Waals surface area (Å²) < 4.78 is 0.978. The van der Waals surface area contributed by atoms with Gasteiger partial charge in [0.25, 0.3) is 0 Å². The van der Waals surface area contributed by atoms with E-state index in [-0.39, 0.29) is 5.41 Å². The third kappa shape index (κ3) is 2.52. The molecule has 0 bridgehead atoms. The molecule has 1 aliphatic rings.